The van der Waals surface area contributed by atoms with E-state index in [1.54, 1.807) is 6.07 Å². The maximum atomic E-state index is 12.1. The van der Waals surface area contributed by atoms with Crippen molar-refractivity contribution in [3.8, 4) is 11.9 Å². The minimum Gasteiger partial charge on any atom is -0.481 e. The standard InChI is InChI=1S/C15H15ClN4O5/c1-24-13-5-7-18-15(19-13)25-8-2-6-17-14(21)11-9-10(20(22)23)3-4-12(11)16/h3-5,7,9H,2,6,8H2,1H3,(H,17,21). The molecule has 0 spiro atoms. The SMILES string of the molecule is COc1ccnc(OCCCNC(=O)c2cc([N+](=O)[O-])ccc2Cl)n1. The number of benzene rings is 1. The maximum Gasteiger partial charge on any atom is 0.319 e. The number of amides is 1. The highest BCUT2D eigenvalue weighted by Gasteiger charge is 2.15. The molecule has 2 rings (SSSR count). The van der Waals surface area contributed by atoms with E-state index in [9.17, 15) is 14.9 Å². The van der Waals surface area contributed by atoms with E-state index in [0.717, 1.165) is 6.07 Å². The molecule has 0 saturated heterocycles. The molecule has 1 aromatic carbocycles. The van der Waals surface area contributed by atoms with Crippen LogP contribution in [-0.4, -0.2) is 41.1 Å². The third kappa shape index (κ3) is 5.28. The molecule has 1 amide bonds. The molecule has 1 heterocycles. The van der Waals surface area contributed by atoms with Crippen molar-refractivity contribution in [3.63, 3.8) is 0 Å². The van der Waals surface area contributed by atoms with E-state index >= 15 is 0 Å². The smallest absolute Gasteiger partial charge is 0.319 e. The first kappa shape index (κ1) is 18.4. The molecule has 0 atom stereocenters. The van der Waals surface area contributed by atoms with Gasteiger partial charge >= 0.3 is 6.01 Å². The minimum absolute atomic E-state index is 0.0490. The first-order chi connectivity index (χ1) is 12.0. The third-order valence-electron chi connectivity index (χ3n) is 3.06. The quantitative estimate of drug-likeness (QED) is 0.432. The molecule has 0 aliphatic carbocycles. The molecular formula is C15H15ClN4O5. The van der Waals surface area contributed by atoms with E-state index in [1.807, 2.05) is 0 Å². The van der Waals surface area contributed by atoms with Crippen molar-refractivity contribution in [1.29, 1.82) is 0 Å². The van der Waals surface area contributed by atoms with E-state index in [4.69, 9.17) is 21.1 Å². The Labute approximate surface area is 148 Å². The van der Waals surface area contributed by atoms with Crippen molar-refractivity contribution in [3.05, 3.63) is 51.2 Å². The van der Waals surface area contributed by atoms with Gasteiger partial charge in [-0.05, 0) is 12.5 Å². The second-order valence-electron chi connectivity index (χ2n) is 4.76. The predicted molar refractivity (Wildman–Crippen MR) is 89.1 cm³/mol. The Morgan fingerprint density at radius 3 is 2.92 bits per heavy atom. The van der Waals surface area contributed by atoms with Gasteiger partial charge in [-0.1, -0.05) is 11.6 Å². The first-order valence-electron chi connectivity index (χ1n) is 7.23. The van der Waals surface area contributed by atoms with Gasteiger partial charge in [-0.25, -0.2) is 4.98 Å². The van der Waals surface area contributed by atoms with Crippen LogP contribution in [0, 0.1) is 10.1 Å². The van der Waals surface area contributed by atoms with Crippen molar-refractivity contribution in [2.75, 3.05) is 20.3 Å². The molecule has 10 heteroatoms. The highest BCUT2D eigenvalue weighted by molar-refractivity contribution is 6.33. The molecule has 0 radical (unpaired) electrons. The van der Waals surface area contributed by atoms with Crippen LogP contribution in [0.15, 0.2) is 30.5 Å². The van der Waals surface area contributed by atoms with Crippen molar-refractivity contribution in [2.45, 2.75) is 6.42 Å². The molecule has 2 aromatic rings. The Bertz CT molecular complexity index is 771. The number of hydrogen-bond donors (Lipinski definition) is 1. The molecule has 9 nitrogen and oxygen atoms in total. The zero-order valence-corrected chi connectivity index (χ0v) is 14.0. The average molecular weight is 367 g/mol. The second kappa shape index (κ2) is 8.78. The summed E-state index contributed by atoms with van der Waals surface area (Å²) in [7, 11) is 1.49. The Morgan fingerprint density at radius 1 is 1.40 bits per heavy atom. The average Bonchev–Trinajstić information content (AvgIpc) is 2.61. The Morgan fingerprint density at radius 2 is 2.20 bits per heavy atom. The van der Waals surface area contributed by atoms with Crippen LogP contribution >= 0.6 is 11.6 Å². The van der Waals surface area contributed by atoms with E-state index in [2.05, 4.69) is 15.3 Å². The lowest BCUT2D eigenvalue weighted by Crippen LogP contribution is -2.26. The number of nitrogens with zero attached hydrogens (tertiary/aromatic N) is 3. The molecule has 1 aromatic heterocycles. The zero-order chi connectivity index (χ0) is 18.2. The third-order valence-corrected chi connectivity index (χ3v) is 3.39. The fraction of sp³-hybridized carbons (Fsp3) is 0.267. The molecule has 0 unspecified atom stereocenters. The molecule has 25 heavy (non-hydrogen) atoms. The molecular weight excluding hydrogens is 352 g/mol. The number of nitro benzene ring substituents is 1. The Balaban J connectivity index is 1.80. The van der Waals surface area contributed by atoms with Gasteiger partial charge in [-0.2, -0.15) is 4.98 Å². The number of ether oxygens (including phenoxy) is 2. The van der Waals surface area contributed by atoms with Gasteiger partial charge in [-0.15, -0.1) is 0 Å². The van der Waals surface area contributed by atoms with Crippen molar-refractivity contribution in [2.24, 2.45) is 0 Å². The topological polar surface area (TPSA) is 116 Å². The van der Waals surface area contributed by atoms with Gasteiger partial charge in [0.25, 0.3) is 11.6 Å². The van der Waals surface area contributed by atoms with Crippen molar-refractivity contribution < 1.29 is 19.2 Å². The number of carbonyl (C=O) groups excluding carboxylic acids is 1. The number of halogens is 1. The van der Waals surface area contributed by atoms with Crippen LogP contribution in [0.5, 0.6) is 11.9 Å². The molecule has 0 aliphatic rings. The van der Waals surface area contributed by atoms with Gasteiger partial charge in [0.2, 0.25) is 5.88 Å². The summed E-state index contributed by atoms with van der Waals surface area (Å²) in [5.41, 5.74) is -0.152. The summed E-state index contributed by atoms with van der Waals surface area (Å²) in [5, 5.41) is 13.5. The van der Waals surface area contributed by atoms with Crippen LogP contribution in [0.2, 0.25) is 5.02 Å². The van der Waals surface area contributed by atoms with E-state index in [1.165, 1.54) is 25.4 Å². The minimum atomic E-state index is -0.588. The maximum absolute atomic E-state index is 12.1. The summed E-state index contributed by atoms with van der Waals surface area (Å²) in [5.74, 6) is -0.107. The molecule has 0 fully saturated rings. The molecule has 0 aliphatic heterocycles. The molecule has 0 saturated carbocycles. The monoisotopic (exact) mass is 366 g/mol. The normalized spacial score (nSPS) is 10.2. The number of methoxy groups -OCH3 is 1. The molecule has 0 bridgehead atoms. The summed E-state index contributed by atoms with van der Waals surface area (Å²) < 4.78 is 10.3. The highest BCUT2D eigenvalue weighted by Crippen LogP contribution is 2.21. The lowest BCUT2D eigenvalue weighted by Gasteiger charge is -2.08. The van der Waals surface area contributed by atoms with Gasteiger partial charge < -0.3 is 14.8 Å². The molecule has 1 N–H and O–H groups in total. The van der Waals surface area contributed by atoms with Crippen LogP contribution in [0.25, 0.3) is 0 Å². The molecule has 132 valence electrons. The lowest BCUT2D eigenvalue weighted by atomic mass is 10.2. The number of hydrogen-bond acceptors (Lipinski definition) is 7. The Kier molecular flexibility index (Phi) is 6.47. The summed E-state index contributed by atoms with van der Waals surface area (Å²) in [6.45, 7) is 0.567. The van der Waals surface area contributed by atoms with Gasteiger partial charge in [0, 0.05) is 30.9 Å². The van der Waals surface area contributed by atoms with E-state index in [0.29, 0.717) is 18.8 Å². The number of non-ortho nitro benzene ring substituents is 1. The van der Waals surface area contributed by atoms with Gasteiger partial charge in [0.1, 0.15) is 0 Å². The number of nitrogens with one attached hydrogen (secondary N) is 1. The van der Waals surface area contributed by atoms with Crippen LogP contribution in [0.3, 0.4) is 0 Å². The van der Waals surface area contributed by atoms with E-state index < -0.39 is 10.8 Å². The predicted octanol–water partition coefficient (Wildman–Crippen LogP) is 2.25. The van der Waals surface area contributed by atoms with Crippen molar-refractivity contribution >= 4 is 23.2 Å². The van der Waals surface area contributed by atoms with Crippen LogP contribution in [0.4, 0.5) is 5.69 Å². The number of aromatic nitrogens is 2. The highest BCUT2D eigenvalue weighted by atomic mass is 35.5. The summed E-state index contributed by atoms with van der Waals surface area (Å²) in [6.07, 6.45) is 1.99. The number of nitro groups is 1. The van der Waals surface area contributed by atoms with Gasteiger partial charge in [0.05, 0.1) is 29.2 Å². The summed E-state index contributed by atoms with van der Waals surface area (Å²) in [6, 6.07) is 5.46. The zero-order valence-electron chi connectivity index (χ0n) is 13.3. The van der Waals surface area contributed by atoms with Gasteiger partial charge in [-0.3, -0.25) is 14.9 Å². The van der Waals surface area contributed by atoms with E-state index in [-0.39, 0.29) is 28.9 Å². The number of rotatable bonds is 8. The number of carbonyl (C=O) groups is 1. The lowest BCUT2D eigenvalue weighted by molar-refractivity contribution is -0.384. The van der Waals surface area contributed by atoms with Crippen LogP contribution in [-0.2, 0) is 0 Å². The van der Waals surface area contributed by atoms with Crippen molar-refractivity contribution in [1.82, 2.24) is 15.3 Å². The fourth-order valence-electron chi connectivity index (χ4n) is 1.84. The summed E-state index contributed by atoms with van der Waals surface area (Å²) in [4.78, 5) is 30.1. The van der Waals surface area contributed by atoms with Gasteiger partial charge in [0.15, 0.2) is 0 Å². The van der Waals surface area contributed by atoms with Crippen LogP contribution < -0.4 is 14.8 Å². The largest absolute Gasteiger partial charge is 0.481 e. The fourth-order valence-corrected chi connectivity index (χ4v) is 2.05. The van der Waals surface area contributed by atoms with Crippen LogP contribution in [0.1, 0.15) is 16.8 Å². The second-order valence-corrected chi connectivity index (χ2v) is 5.17. The first-order valence-corrected chi connectivity index (χ1v) is 7.61. The Hall–Kier alpha value is -2.94. The summed E-state index contributed by atoms with van der Waals surface area (Å²) >= 11 is 5.91.